The van der Waals surface area contributed by atoms with Gasteiger partial charge >= 0.3 is 6.09 Å². The number of amides is 1. The van der Waals surface area contributed by atoms with Gasteiger partial charge < -0.3 is 10.1 Å². The predicted octanol–water partition coefficient (Wildman–Crippen LogP) is 2.07. The van der Waals surface area contributed by atoms with Crippen LogP contribution in [0.2, 0.25) is 0 Å². The summed E-state index contributed by atoms with van der Waals surface area (Å²) in [5, 5.41) is 2.50. The Hall–Kier alpha value is -1.58. The van der Waals surface area contributed by atoms with Gasteiger partial charge in [-0.15, -0.1) is 0 Å². The van der Waals surface area contributed by atoms with Crippen LogP contribution >= 0.6 is 0 Å². The average molecular weight is 197 g/mol. The molecule has 0 radical (unpaired) electrons. The Bertz CT molecular complexity index is 315. The summed E-state index contributed by atoms with van der Waals surface area (Å²) in [5.74, 6) is -0.312. The summed E-state index contributed by atoms with van der Waals surface area (Å²) >= 11 is 0. The van der Waals surface area contributed by atoms with Gasteiger partial charge in [0.25, 0.3) is 0 Å². The summed E-state index contributed by atoms with van der Waals surface area (Å²) in [5.41, 5.74) is 0.707. The molecule has 0 unspecified atom stereocenters. The summed E-state index contributed by atoms with van der Waals surface area (Å²) in [7, 11) is 0. The third-order valence-electron chi connectivity index (χ3n) is 1.60. The normalized spacial score (nSPS) is 9.57. The summed E-state index contributed by atoms with van der Waals surface area (Å²) < 4.78 is 17.3. The molecule has 1 amide bonds. The van der Waals surface area contributed by atoms with Crippen molar-refractivity contribution in [1.29, 1.82) is 0 Å². The minimum atomic E-state index is -0.489. The lowest BCUT2D eigenvalue weighted by molar-refractivity contribution is 0.151. The lowest BCUT2D eigenvalue weighted by atomic mass is 10.2. The van der Waals surface area contributed by atoms with Crippen molar-refractivity contribution < 1.29 is 13.9 Å². The molecule has 1 N–H and O–H groups in total. The molecule has 0 fully saturated rings. The predicted molar refractivity (Wildman–Crippen MR) is 50.3 cm³/mol. The van der Waals surface area contributed by atoms with E-state index in [9.17, 15) is 9.18 Å². The van der Waals surface area contributed by atoms with E-state index in [-0.39, 0.29) is 12.4 Å². The minimum Gasteiger partial charge on any atom is -0.450 e. The fraction of sp³-hybridized carbons (Fsp3) is 0.300. The monoisotopic (exact) mass is 197 g/mol. The molecule has 4 heteroatoms. The Morgan fingerprint density at radius 3 is 3.00 bits per heavy atom. The summed E-state index contributed by atoms with van der Waals surface area (Å²) in [6.45, 7) is 2.33. The van der Waals surface area contributed by atoms with E-state index in [4.69, 9.17) is 0 Å². The highest BCUT2D eigenvalue weighted by Gasteiger charge is 2.00. The highest BCUT2D eigenvalue weighted by molar-refractivity contribution is 5.67. The number of halogens is 1. The second kappa shape index (κ2) is 5.21. The fourth-order valence-electron chi connectivity index (χ4n) is 1.00. The van der Waals surface area contributed by atoms with Crippen LogP contribution in [0.15, 0.2) is 24.3 Å². The van der Waals surface area contributed by atoms with Crippen molar-refractivity contribution in [3.8, 4) is 0 Å². The van der Waals surface area contributed by atoms with E-state index in [0.29, 0.717) is 12.2 Å². The van der Waals surface area contributed by atoms with Gasteiger partial charge in [-0.3, -0.25) is 0 Å². The molecule has 1 aromatic rings. The quantitative estimate of drug-likeness (QED) is 0.805. The Morgan fingerprint density at radius 2 is 2.36 bits per heavy atom. The van der Waals surface area contributed by atoms with Crippen molar-refractivity contribution in [2.24, 2.45) is 0 Å². The first kappa shape index (κ1) is 10.5. The first-order valence-electron chi connectivity index (χ1n) is 4.37. The molecule has 14 heavy (non-hydrogen) atoms. The Morgan fingerprint density at radius 1 is 1.57 bits per heavy atom. The van der Waals surface area contributed by atoms with Crippen LogP contribution in [0.4, 0.5) is 9.18 Å². The SMILES string of the molecule is CCOC(=O)NCc1cccc(F)c1. The number of alkyl carbamates (subject to hydrolysis) is 1. The van der Waals surface area contributed by atoms with E-state index in [0.717, 1.165) is 0 Å². The van der Waals surface area contributed by atoms with Crippen LogP contribution < -0.4 is 5.32 Å². The van der Waals surface area contributed by atoms with Crippen LogP contribution in [0.5, 0.6) is 0 Å². The van der Waals surface area contributed by atoms with Crippen molar-refractivity contribution in [2.75, 3.05) is 6.61 Å². The van der Waals surface area contributed by atoms with E-state index in [1.54, 1.807) is 19.1 Å². The zero-order valence-corrected chi connectivity index (χ0v) is 7.92. The first-order chi connectivity index (χ1) is 6.72. The third kappa shape index (κ3) is 3.43. The standard InChI is InChI=1S/C10H12FNO2/c1-2-14-10(13)12-7-8-4-3-5-9(11)6-8/h3-6H,2,7H2,1H3,(H,12,13). The Labute approximate surface area is 81.9 Å². The largest absolute Gasteiger partial charge is 0.450 e. The fourth-order valence-corrected chi connectivity index (χ4v) is 1.00. The molecule has 0 aliphatic heterocycles. The highest BCUT2D eigenvalue weighted by atomic mass is 19.1. The molecule has 1 aromatic carbocycles. The van der Waals surface area contributed by atoms with E-state index >= 15 is 0 Å². The number of nitrogens with one attached hydrogen (secondary N) is 1. The molecule has 0 saturated heterocycles. The smallest absolute Gasteiger partial charge is 0.407 e. The van der Waals surface area contributed by atoms with Gasteiger partial charge in [-0.05, 0) is 24.6 Å². The number of carbonyl (C=O) groups excluding carboxylic acids is 1. The van der Waals surface area contributed by atoms with Crippen LogP contribution in [0, 0.1) is 5.82 Å². The van der Waals surface area contributed by atoms with Gasteiger partial charge in [0, 0.05) is 6.54 Å². The molecule has 0 bridgehead atoms. The first-order valence-corrected chi connectivity index (χ1v) is 4.37. The van der Waals surface area contributed by atoms with Gasteiger partial charge in [-0.1, -0.05) is 12.1 Å². The molecule has 0 aliphatic rings. The van der Waals surface area contributed by atoms with E-state index in [2.05, 4.69) is 10.1 Å². The summed E-state index contributed by atoms with van der Waals surface area (Å²) in [4.78, 5) is 10.9. The summed E-state index contributed by atoms with van der Waals surface area (Å²) in [6, 6.07) is 6.05. The van der Waals surface area contributed by atoms with Gasteiger partial charge in [-0.25, -0.2) is 9.18 Å². The Balaban J connectivity index is 2.41. The number of rotatable bonds is 3. The van der Waals surface area contributed by atoms with E-state index in [1.807, 2.05) is 0 Å². The van der Waals surface area contributed by atoms with Gasteiger partial charge in [0.2, 0.25) is 0 Å². The van der Waals surface area contributed by atoms with Crippen LogP contribution in [0.1, 0.15) is 12.5 Å². The molecule has 3 nitrogen and oxygen atoms in total. The molecular formula is C10H12FNO2. The van der Waals surface area contributed by atoms with Gasteiger partial charge in [0.05, 0.1) is 6.61 Å². The van der Waals surface area contributed by atoms with Crippen molar-refractivity contribution >= 4 is 6.09 Å². The van der Waals surface area contributed by atoms with Crippen molar-refractivity contribution in [1.82, 2.24) is 5.32 Å². The zero-order chi connectivity index (χ0) is 10.4. The van der Waals surface area contributed by atoms with Gasteiger partial charge in [0.1, 0.15) is 5.82 Å². The highest BCUT2D eigenvalue weighted by Crippen LogP contribution is 2.02. The van der Waals surface area contributed by atoms with Crippen molar-refractivity contribution in [2.45, 2.75) is 13.5 Å². The maximum Gasteiger partial charge on any atom is 0.407 e. The van der Waals surface area contributed by atoms with Gasteiger partial charge in [-0.2, -0.15) is 0 Å². The van der Waals surface area contributed by atoms with E-state index in [1.165, 1.54) is 12.1 Å². The molecule has 0 saturated carbocycles. The van der Waals surface area contributed by atoms with Crippen LogP contribution in [0.25, 0.3) is 0 Å². The number of carbonyl (C=O) groups is 1. The van der Waals surface area contributed by atoms with Crippen molar-refractivity contribution in [3.05, 3.63) is 35.6 Å². The number of benzene rings is 1. The molecule has 0 spiro atoms. The number of ether oxygens (including phenoxy) is 1. The average Bonchev–Trinajstić information content (AvgIpc) is 2.15. The molecule has 0 heterocycles. The van der Waals surface area contributed by atoms with Crippen molar-refractivity contribution in [3.63, 3.8) is 0 Å². The maximum atomic E-state index is 12.7. The lowest BCUT2D eigenvalue weighted by Crippen LogP contribution is -2.23. The van der Waals surface area contributed by atoms with Crippen LogP contribution in [-0.2, 0) is 11.3 Å². The van der Waals surface area contributed by atoms with Crippen LogP contribution in [0.3, 0.4) is 0 Å². The molecule has 0 aromatic heterocycles. The number of hydrogen-bond donors (Lipinski definition) is 1. The van der Waals surface area contributed by atoms with Crippen LogP contribution in [-0.4, -0.2) is 12.7 Å². The molecular weight excluding hydrogens is 185 g/mol. The molecule has 0 aliphatic carbocycles. The van der Waals surface area contributed by atoms with Gasteiger partial charge in [0.15, 0.2) is 0 Å². The maximum absolute atomic E-state index is 12.7. The molecule has 0 atom stereocenters. The molecule has 76 valence electrons. The second-order valence-corrected chi connectivity index (χ2v) is 2.70. The summed E-state index contributed by atoms with van der Waals surface area (Å²) in [6.07, 6.45) is -0.489. The number of hydrogen-bond acceptors (Lipinski definition) is 2. The second-order valence-electron chi connectivity index (χ2n) is 2.70. The molecule has 1 rings (SSSR count). The minimum absolute atomic E-state index is 0.274. The van der Waals surface area contributed by atoms with E-state index < -0.39 is 6.09 Å². The lowest BCUT2D eigenvalue weighted by Gasteiger charge is -2.04. The third-order valence-corrected chi connectivity index (χ3v) is 1.60. The zero-order valence-electron chi connectivity index (χ0n) is 7.92. The topological polar surface area (TPSA) is 38.3 Å². The Kier molecular flexibility index (Phi) is 3.91.